The topological polar surface area (TPSA) is 168 Å². The van der Waals surface area contributed by atoms with Crippen LogP contribution in [0.25, 0.3) is 0 Å². The van der Waals surface area contributed by atoms with Gasteiger partial charge in [0.15, 0.2) is 0 Å². The third kappa shape index (κ3) is 39.7. The molecule has 45 heavy (non-hydrogen) atoms. The molecule has 0 saturated carbocycles. The number of hydrogen-bond donors (Lipinski definition) is 4. The maximum Gasteiger partial charge on any atom is 0.408 e. The number of hydrogen-bond acceptors (Lipinski definition) is 20. The van der Waals surface area contributed by atoms with Gasteiger partial charge in [0.2, 0.25) is 6.40 Å². The number of aliphatic hydroxyl groups excluding tert-OH is 2. The first-order valence-electron chi connectivity index (χ1n) is 13.0. The highest BCUT2D eigenvalue weighted by atomic mass is 32.2. The Kier molecular flexibility index (Phi) is 41.1. The summed E-state index contributed by atoms with van der Waals surface area (Å²) in [5, 5.41) is 27.9. The summed E-state index contributed by atoms with van der Waals surface area (Å²) in [6, 6.07) is 0. The maximum absolute atomic E-state index is 11.7. The Morgan fingerprint density at radius 1 is 0.733 bits per heavy atom. The molecular formula is C22H42N4O8S11. The average molecular weight is 843 g/mol. The van der Waals surface area contributed by atoms with Crippen molar-refractivity contribution in [3.8, 4) is 0 Å². The Morgan fingerprint density at radius 3 is 2.02 bits per heavy atom. The van der Waals surface area contributed by atoms with Crippen LogP contribution in [0.4, 0.5) is 9.59 Å². The Hall–Kier alpha value is 1.41. The zero-order valence-corrected chi connectivity index (χ0v) is 33.6. The summed E-state index contributed by atoms with van der Waals surface area (Å²) >= 11 is 16.0. The zero-order chi connectivity index (χ0) is 32.9. The molecule has 12 nitrogen and oxygen atoms in total. The molecule has 0 aliphatic heterocycles. The summed E-state index contributed by atoms with van der Waals surface area (Å²) in [5.74, 6) is 3.94. The molecule has 0 fully saturated rings. The van der Waals surface area contributed by atoms with Crippen LogP contribution in [0.15, 0.2) is 9.98 Å². The number of carbonyl (C=O) groups is 2. The smallest absolute Gasteiger partial charge is 0.408 e. The van der Waals surface area contributed by atoms with Crippen LogP contribution in [0, 0.1) is 0 Å². The van der Waals surface area contributed by atoms with Crippen molar-refractivity contribution in [1.29, 1.82) is 0 Å². The Labute approximate surface area is 311 Å². The van der Waals surface area contributed by atoms with Gasteiger partial charge < -0.3 is 30.5 Å². The molecule has 0 spiro atoms. The van der Waals surface area contributed by atoms with E-state index in [1.165, 1.54) is 35.5 Å². The molecule has 2 amide bonds. The predicted molar refractivity (Wildman–Crippen MR) is 213 cm³/mol. The molecule has 0 heterocycles. The molecular weight excluding hydrogens is 801 g/mol. The van der Waals surface area contributed by atoms with Gasteiger partial charge in [0.25, 0.3) is 5.24 Å². The summed E-state index contributed by atoms with van der Waals surface area (Å²) in [4.78, 5) is 41.4. The van der Waals surface area contributed by atoms with Crippen molar-refractivity contribution in [2.45, 2.75) is 12.8 Å². The number of thioether (sulfide) groups is 10. The lowest BCUT2D eigenvalue weighted by atomic mass is 10.5. The lowest BCUT2D eigenvalue weighted by molar-refractivity contribution is -0.196. The summed E-state index contributed by atoms with van der Waals surface area (Å²) in [5.41, 5.74) is 1.45. The summed E-state index contributed by atoms with van der Waals surface area (Å²) in [7, 11) is -1.10. The van der Waals surface area contributed by atoms with Crippen molar-refractivity contribution in [2.24, 2.45) is 9.98 Å². The second-order valence-electron chi connectivity index (χ2n) is 7.28. The predicted octanol–water partition coefficient (Wildman–Crippen LogP) is 5.76. The first-order valence-corrected chi connectivity index (χ1v) is 25.7. The van der Waals surface area contributed by atoms with Gasteiger partial charge in [-0.15, -0.1) is 106 Å². The maximum atomic E-state index is 11.7. The van der Waals surface area contributed by atoms with E-state index in [1.807, 2.05) is 0 Å². The van der Waals surface area contributed by atoms with Gasteiger partial charge in [0, 0.05) is 55.2 Å². The molecule has 0 aromatic heterocycles. The van der Waals surface area contributed by atoms with Crippen molar-refractivity contribution in [3.63, 3.8) is 0 Å². The molecule has 0 radical (unpaired) electrons. The molecule has 1 atom stereocenters. The molecule has 0 rings (SSSR count). The molecule has 0 bridgehead atoms. The van der Waals surface area contributed by atoms with E-state index in [4.69, 9.17) is 24.7 Å². The van der Waals surface area contributed by atoms with Crippen molar-refractivity contribution >= 4 is 152 Å². The number of alkyl carbamates (subject to hydrolysis) is 1. The Morgan fingerprint density at radius 2 is 1.33 bits per heavy atom. The van der Waals surface area contributed by atoms with Crippen molar-refractivity contribution in [1.82, 2.24) is 10.6 Å². The van der Waals surface area contributed by atoms with E-state index in [0.29, 0.717) is 59.7 Å². The van der Waals surface area contributed by atoms with E-state index < -0.39 is 16.9 Å². The Balaban J connectivity index is 3.28. The number of amides is 2. The van der Waals surface area contributed by atoms with Crippen molar-refractivity contribution < 1.29 is 38.5 Å². The normalized spacial score (nSPS) is 12.1. The van der Waals surface area contributed by atoms with E-state index in [1.54, 1.807) is 94.1 Å². The highest BCUT2D eigenvalue weighted by Gasteiger charge is 2.02. The fraction of sp³-hybridized carbons (Fsp3) is 0.818. The van der Waals surface area contributed by atoms with Gasteiger partial charge in [-0.1, -0.05) is 11.8 Å². The number of aliphatic imine (C=N–C) groups is 2. The number of aliphatic hydroxyl groups is 2. The first-order chi connectivity index (χ1) is 22.1. The van der Waals surface area contributed by atoms with Crippen LogP contribution in [0.5, 0.6) is 0 Å². The minimum atomic E-state index is -1.10. The van der Waals surface area contributed by atoms with Gasteiger partial charge in [-0.2, -0.15) is 4.89 Å². The second kappa shape index (κ2) is 39.8. The Bertz CT molecular complexity index is 783. The van der Waals surface area contributed by atoms with Crippen molar-refractivity contribution in [2.75, 3.05) is 90.6 Å². The fourth-order valence-corrected chi connectivity index (χ4v) is 11.9. The molecule has 23 heteroatoms. The lowest BCUT2D eigenvalue weighted by Crippen LogP contribution is -2.23. The molecule has 264 valence electrons. The average Bonchev–Trinajstić information content (AvgIpc) is 3.03. The lowest BCUT2D eigenvalue weighted by Gasteiger charge is -2.06. The number of ether oxygens (including phenoxy) is 1. The van der Waals surface area contributed by atoms with Crippen LogP contribution in [-0.4, -0.2) is 128 Å². The van der Waals surface area contributed by atoms with Gasteiger partial charge >= 0.3 is 6.09 Å². The molecule has 1 unspecified atom stereocenters. The van der Waals surface area contributed by atoms with Crippen LogP contribution in [0.1, 0.15) is 12.8 Å². The monoisotopic (exact) mass is 842 g/mol. The van der Waals surface area contributed by atoms with E-state index in [0.717, 1.165) is 30.5 Å². The number of nitrogens with zero attached hydrogens (tertiary/aromatic N) is 2. The van der Waals surface area contributed by atoms with E-state index in [-0.39, 0.29) is 18.5 Å². The SMILES string of the molecule is O=C(NCSCSCSC/N=C\S(=O)CCCO)OCSCSCSCOO/C=N/CSCSCSCNC(=O)SCCCO. The van der Waals surface area contributed by atoms with E-state index >= 15 is 0 Å². The molecule has 0 aliphatic rings. The molecule has 0 aromatic carbocycles. The van der Waals surface area contributed by atoms with Crippen LogP contribution in [-0.2, 0) is 25.3 Å². The van der Waals surface area contributed by atoms with Gasteiger partial charge in [-0.3, -0.25) is 14.0 Å². The summed E-state index contributed by atoms with van der Waals surface area (Å²) in [6.07, 6.45) is 2.02. The third-order valence-corrected chi connectivity index (χ3v) is 15.7. The second-order valence-corrected chi connectivity index (χ2v) is 20.6. The zero-order valence-electron chi connectivity index (χ0n) is 24.6. The number of nitrogens with one attached hydrogen (secondary N) is 2. The fourth-order valence-electron chi connectivity index (χ4n) is 1.96. The summed E-state index contributed by atoms with van der Waals surface area (Å²) < 4.78 is 16.6. The van der Waals surface area contributed by atoms with Crippen molar-refractivity contribution in [3.05, 3.63) is 0 Å². The van der Waals surface area contributed by atoms with E-state index in [9.17, 15) is 13.8 Å². The largest absolute Gasteiger partial charge is 0.438 e. The van der Waals surface area contributed by atoms with Crippen LogP contribution in [0.2, 0.25) is 0 Å². The summed E-state index contributed by atoms with van der Waals surface area (Å²) in [6.45, 7) is 0.152. The first kappa shape index (κ1) is 46.4. The highest BCUT2D eigenvalue weighted by Crippen LogP contribution is 2.19. The van der Waals surface area contributed by atoms with E-state index in [2.05, 4.69) is 20.6 Å². The quantitative estimate of drug-likeness (QED) is 0.0157. The number of carbonyl (C=O) groups excluding carboxylic acids is 2. The highest BCUT2D eigenvalue weighted by molar-refractivity contribution is 8.23. The van der Waals surface area contributed by atoms with Gasteiger partial charge in [0.05, 0.1) is 39.9 Å². The molecule has 0 saturated heterocycles. The van der Waals surface area contributed by atoms with Gasteiger partial charge in [-0.05, 0) is 12.8 Å². The van der Waals surface area contributed by atoms with Crippen LogP contribution in [0.3, 0.4) is 0 Å². The minimum absolute atomic E-state index is 0.0437. The van der Waals surface area contributed by atoms with Crippen LogP contribution < -0.4 is 10.6 Å². The molecule has 0 aliphatic carbocycles. The van der Waals surface area contributed by atoms with Crippen LogP contribution >= 0.6 is 118 Å². The minimum Gasteiger partial charge on any atom is -0.438 e. The van der Waals surface area contributed by atoms with Gasteiger partial charge in [-0.25, -0.2) is 9.79 Å². The molecule has 0 aromatic rings. The molecule has 4 N–H and O–H groups in total. The number of rotatable bonds is 33. The standard InChI is InChI=1S/C22H42N4O8S11/c27-3-1-5-44-22(30)26-11-38-18-41-15-35-8-23-7-33-34-14-40-20-43-19-39-13-32-21(29)25-10-37-17-42-16-36-9-24-12-45(31)6-2-4-28/h7,12,27-28H,1-6,8-11,13-20H2,(H,25,29)(H,26,30)/b23-7+,24-12-. The van der Waals surface area contributed by atoms with Gasteiger partial charge in [0.1, 0.15) is 11.9 Å². The third-order valence-electron chi connectivity index (χ3n) is 3.79.